The fourth-order valence-corrected chi connectivity index (χ4v) is 2.57. The van der Waals surface area contributed by atoms with Crippen molar-refractivity contribution in [1.29, 1.82) is 0 Å². The molecule has 1 aromatic heterocycles. The summed E-state index contributed by atoms with van der Waals surface area (Å²) in [7, 11) is -3.52. The summed E-state index contributed by atoms with van der Waals surface area (Å²) in [5.74, 6) is -0.425. The molecule has 1 aromatic rings. The highest BCUT2D eigenvalue weighted by atomic mass is 32.2. The number of hydrogen-bond donors (Lipinski definition) is 3. The lowest BCUT2D eigenvalue weighted by Gasteiger charge is -2.11. The molecule has 0 aliphatic carbocycles. The SMILES string of the molecule is CCc1ncnc(NCCNS(=O)(=O)NC(C)C)c1F. The summed E-state index contributed by atoms with van der Waals surface area (Å²) in [6.45, 7) is 5.57. The van der Waals surface area contributed by atoms with Crippen LogP contribution in [0, 0.1) is 5.82 Å². The summed E-state index contributed by atoms with van der Waals surface area (Å²) in [6.07, 6.45) is 1.74. The predicted molar refractivity (Wildman–Crippen MR) is 75.1 cm³/mol. The van der Waals surface area contributed by atoms with Crippen molar-refractivity contribution >= 4 is 16.0 Å². The van der Waals surface area contributed by atoms with Crippen LogP contribution in [0.3, 0.4) is 0 Å². The van der Waals surface area contributed by atoms with Gasteiger partial charge in [-0.2, -0.15) is 13.1 Å². The normalized spacial score (nSPS) is 11.8. The third-order valence-electron chi connectivity index (χ3n) is 2.30. The summed E-state index contributed by atoms with van der Waals surface area (Å²) in [5.41, 5.74) is 0.324. The van der Waals surface area contributed by atoms with Crippen molar-refractivity contribution in [3.05, 3.63) is 17.8 Å². The van der Waals surface area contributed by atoms with Crippen molar-refractivity contribution in [2.24, 2.45) is 0 Å². The number of rotatable bonds is 8. The van der Waals surface area contributed by atoms with E-state index in [2.05, 4.69) is 24.7 Å². The van der Waals surface area contributed by atoms with Gasteiger partial charge < -0.3 is 5.32 Å². The van der Waals surface area contributed by atoms with Crippen LogP contribution in [0.4, 0.5) is 10.2 Å². The van der Waals surface area contributed by atoms with Crippen LogP contribution < -0.4 is 14.8 Å². The summed E-state index contributed by atoms with van der Waals surface area (Å²) >= 11 is 0. The summed E-state index contributed by atoms with van der Waals surface area (Å²) < 4.78 is 41.4. The number of aryl methyl sites for hydroxylation is 1. The van der Waals surface area contributed by atoms with Crippen LogP contribution >= 0.6 is 0 Å². The topological polar surface area (TPSA) is 96.0 Å². The molecule has 0 aliphatic heterocycles. The van der Waals surface area contributed by atoms with E-state index in [4.69, 9.17) is 0 Å². The zero-order valence-corrected chi connectivity index (χ0v) is 12.6. The molecule has 0 amide bonds. The first-order valence-corrected chi connectivity index (χ1v) is 7.84. The van der Waals surface area contributed by atoms with Crippen molar-refractivity contribution in [2.75, 3.05) is 18.4 Å². The van der Waals surface area contributed by atoms with E-state index in [-0.39, 0.29) is 24.9 Å². The summed E-state index contributed by atoms with van der Waals surface area (Å²) in [6, 6.07) is -0.188. The zero-order chi connectivity index (χ0) is 15.2. The molecule has 3 N–H and O–H groups in total. The molecule has 20 heavy (non-hydrogen) atoms. The van der Waals surface area contributed by atoms with Crippen molar-refractivity contribution < 1.29 is 12.8 Å². The van der Waals surface area contributed by atoms with Crippen LogP contribution in [0.15, 0.2) is 6.33 Å². The second-order valence-electron chi connectivity index (χ2n) is 4.43. The Kier molecular flexibility index (Phi) is 6.24. The number of nitrogens with one attached hydrogen (secondary N) is 3. The molecule has 1 heterocycles. The van der Waals surface area contributed by atoms with Gasteiger partial charge in [-0.25, -0.2) is 19.1 Å². The summed E-state index contributed by atoms with van der Waals surface area (Å²) in [5, 5.41) is 2.73. The minimum Gasteiger partial charge on any atom is -0.366 e. The molecule has 0 saturated carbocycles. The molecular formula is C11H20FN5O2S. The lowest BCUT2D eigenvalue weighted by Crippen LogP contribution is -2.42. The monoisotopic (exact) mass is 305 g/mol. The minimum absolute atomic E-state index is 0.0767. The van der Waals surface area contributed by atoms with Gasteiger partial charge in [0, 0.05) is 19.1 Å². The maximum absolute atomic E-state index is 13.8. The molecule has 0 atom stereocenters. The molecular weight excluding hydrogens is 285 g/mol. The van der Waals surface area contributed by atoms with E-state index in [0.717, 1.165) is 0 Å². The lowest BCUT2D eigenvalue weighted by atomic mass is 10.3. The second kappa shape index (κ2) is 7.46. The van der Waals surface area contributed by atoms with Crippen LogP contribution in [-0.4, -0.2) is 37.5 Å². The Morgan fingerprint density at radius 3 is 2.60 bits per heavy atom. The molecule has 0 unspecified atom stereocenters. The van der Waals surface area contributed by atoms with E-state index in [1.54, 1.807) is 20.8 Å². The molecule has 0 radical (unpaired) electrons. The average molecular weight is 305 g/mol. The van der Waals surface area contributed by atoms with Crippen LogP contribution in [0.2, 0.25) is 0 Å². The van der Waals surface area contributed by atoms with E-state index in [9.17, 15) is 12.8 Å². The van der Waals surface area contributed by atoms with E-state index in [1.165, 1.54) is 6.33 Å². The first-order chi connectivity index (χ1) is 9.35. The van der Waals surface area contributed by atoms with Crippen LogP contribution in [0.1, 0.15) is 26.5 Å². The van der Waals surface area contributed by atoms with E-state index in [0.29, 0.717) is 12.1 Å². The number of nitrogens with zero attached hydrogens (tertiary/aromatic N) is 2. The molecule has 0 spiro atoms. The molecule has 0 bridgehead atoms. The Morgan fingerprint density at radius 1 is 1.30 bits per heavy atom. The molecule has 7 nitrogen and oxygen atoms in total. The molecule has 1 rings (SSSR count). The van der Waals surface area contributed by atoms with E-state index < -0.39 is 16.0 Å². The van der Waals surface area contributed by atoms with Gasteiger partial charge in [-0.15, -0.1) is 0 Å². The first-order valence-electron chi connectivity index (χ1n) is 6.36. The average Bonchev–Trinajstić information content (AvgIpc) is 2.34. The van der Waals surface area contributed by atoms with Crippen LogP contribution in [-0.2, 0) is 16.6 Å². The Balaban J connectivity index is 2.46. The molecule has 9 heteroatoms. The fraction of sp³-hybridized carbons (Fsp3) is 0.636. The lowest BCUT2D eigenvalue weighted by molar-refractivity contribution is 0.556. The van der Waals surface area contributed by atoms with Gasteiger partial charge in [0.25, 0.3) is 10.2 Å². The zero-order valence-electron chi connectivity index (χ0n) is 11.8. The highest BCUT2D eigenvalue weighted by Gasteiger charge is 2.11. The fourth-order valence-electron chi connectivity index (χ4n) is 1.49. The number of aromatic nitrogens is 2. The second-order valence-corrected chi connectivity index (χ2v) is 5.96. The van der Waals surface area contributed by atoms with Crippen molar-refractivity contribution in [3.63, 3.8) is 0 Å². The van der Waals surface area contributed by atoms with Gasteiger partial charge in [0.2, 0.25) is 0 Å². The molecule has 0 saturated heterocycles. The first kappa shape index (κ1) is 16.7. The molecule has 0 aliphatic rings. The highest BCUT2D eigenvalue weighted by Crippen LogP contribution is 2.12. The van der Waals surface area contributed by atoms with E-state index in [1.807, 2.05) is 0 Å². The minimum atomic E-state index is -3.52. The smallest absolute Gasteiger partial charge is 0.277 e. The van der Waals surface area contributed by atoms with Crippen LogP contribution in [0.5, 0.6) is 0 Å². The molecule has 114 valence electrons. The standard InChI is InChI=1S/C11H20FN5O2S/c1-4-9-10(12)11(15-7-14-9)13-5-6-16-20(18,19)17-8(2)3/h7-8,16-17H,4-6H2,1-3H3,(H,13,14,15). The van der Waals surface area contributed by atoms with Crippen LogP contribution in [0.25, 0.3) is 0 Å². The van der Waals surface area contributed by atoms with Gasteiger partial charge in [0.05, 0.1) is 5.69 Å². The van der Waals surface area contributed by atoms with Crippen molar-refractivity contribution in [2.45, 2.75) is 33.2 Å². The largest absolute Gasteiger partial charge is 0.366 e. The van der Waals surface area contributed by atoms with Gasteiger partial charge in [0.1, 0.15) is 6.33 Å². The van der Waals surface area contributed by atoms with Gasteiger partial charge in [-0.3, -0.25) is 0 Å². The number of hydrogen-bond acceptors (Lipinski definition) is 5. The Bertz CT molecular complexity index is 536. The quantitative estimate of drug-likeness (QED) is 0.605. The van der Waals surface area contributed by atoms with Crippen molar-refractivity contribution in [3.8, 4) is 0 Å². The maximum Gasteiger partial charge on any atom is 0.277 e. The van der Waals surface area contributed by atoms with Gasteiger partial charge in [0.15, 0.2) is 11.6 Å². The molecule has 0 aromatic carbocycles. The highest BCUT2D eigenvalue weighted by molar-refractivity contribution is 7.87. The van der Waals surface area contributed by atoms with Crippen molar-refractivity contribution in [1.82, 2.24) is 19.4 Å². The number of anilines is 1. The predicted octanol–water partition coefficient (Wildman–Crippen LogP) is 0.422. The Labute approximate surface area is 118 Å². The Hall–Kier alpha value is -1.32. The van der Waals surface area contributed by atoms with Gasteiger partial charge >= 0.3 is 0 Å². The van der Waals surface area contributed by atoms with Gasteiger partial charge in [-0.05, 0) is 20.3 Å². The molecule has 0 fully saturated rings. The maximum atomic E-state index is 13.8. The summed E-state index contributed by atoms with van der Waals surface area (Å²) in [4.78, 5) is 7.59. The Morgan fingerprint density at radius 2 is 2.00 bits per heavy atom. The van der Waals surface area contributed by atoms with Gasteiger partial charge in [-0.1, -0.05) is 6.92 Å². The third kappa shape index (κ3) is 5.35. The number of halogens is 1. The third-order valence-corrected chi connectivity index (χ3v) is 3.66. The van der Waals surface area contributed by atoms with E-state index >= 15 is 0 Å².